The van der Waals surface area contributed by atoms with Crippen LogP contribution in [0.4, 0.5) is 5.69 Å². The molecule has 0 atom stereocenters. The SMILES string of the molecule is CCOc1nc2c(NS(C)(=O)=O)c(CC3CC3)c(Br)cc2[nH]1. The van der Waals surface area contributed by atoms with Gasteiger partial charge in [-0.05, 0) is 43.7 Å². The van der Waals surface area contributed by atoms with E-state index in [0.29, 0.717) is 29.7 Å². The summed E-state index contributed by atoms with van der Waals surface area (Å²) in [6.07, 6.45) is 4.36. The highest BCUT2D eigenvalue weighted by atomic mass is 79.9. The Bertz CT molecular complexity index is 812. The topological polar surface area (TPSA) is 84.1 Å². The molecule has 6 nitrogen and oxygen atoms in total. The number of fused-ring (bicyclic) bond motifs is 1. The summed E-state index contributed by atoms with van der Waals surface area (Å²) in [6, 6.07) is 2.32. The van der Waals surface area contributed by atoms with Gasteiger partial charge in [-0.15, -0.1) is 0 Å². The van der Waals surface area contributed by atoms with Gasteiger partial charge in [0, 0.05) is 4.47 Å². The van der Waals surface area contributed by atoms with Gasteiger partial charge in [-0.1, -0.05) is 15.9 Å². The van der Waals surface area contributed by atoms with E-state index in [4.69, 9.17) is 4.74 Å². The maximum Gasteiger partial charge on any atom is 0.294 e. The van der Waals surface area contributed by atoms with Crippen LogP contribution in [0, 0.1) is 5.92 Å². The molecule has 0 saturated heterocycles. The Kier molecular flexibility index (Phi) is 4.07. The molecular formula is C14H18BrN3O3S. The Hall–Kier alpha value is -1.28. The number of ether oxygens (including phenoxy) is 1. The molecule has 2 aromatic rings. The predicted octanol–water partition coefficient (Wildman–Crippen LogP) is 3.05. The summed E-state index contributed by atoms with van der Waals surface area (Å²) in [5.74, 6) is 0.624. The second kappa shape index (κ2) is 5.73. The second-order valence-electron chi connectivity index (χ2n) is 5.60. The minimum atomic E-state index is -3.39. The maximum absolute atomic E-state index is 11.7. The first kappa shape index (κ1) is 15.6. The van der Waals surface area contributed by atoms with Crippen molar-refractivity contribution in [2.75, 3.05) is 17.6 Å². The molecule has 1 heterocycles. The van der Waals surface area contributed by atoms with E-state index >= 15 is 0 Å². The average Bonchev–Trinajstić information content (AvgIpc) is 3.13. The van der Waals surface area contributed by atoms with Crippen molar-refractivity contribution in [2.24, 2.45) is 5.92 Å². The zero-order valence-corrected chi connectivity index (χ0v) is 14.8. The van der Waals surface area contributed by atoms with Crippen LogP contribution in [0.5, 0.6) is 6.01 Å². The Morgan fingerprint density at radius 2 is 2.23 bits per heavy atom. The first-order valence-corrected chi connectivity index (χ1v) is 9.87. The minimum absolute atomic E-state index is 0.393. The van der Waals surface area contributed by atoms with E-state index in [1.54, 1.807) is 0 Å². The number of sulfonamides is 1. The molecule has 1 aromatic heterocycles. The minimum Gasteiger partial charge on any atom is -0.465 e. The number of hydrogen-bond acceptors (Lipinski definition) is 4. The molecule has 1 fully saturated rings. The molecule has 0 aliphatic heterocycles. The van der Waals surface area contributed by atoms with Crippen LogP contribution in [-0.2, 0) is 16.4 Å². The number of imidazole rings is 1. The van der Waals surface area contributed by atoms with Crippen molar-refractivity contribution in [3.63, 3.8) is 0 Å². The van der Waals surface area contributed by atoms with Gasteiger partial charge in [-0.25, -0.2) is 8.42 Å². The third-order valence-electron chi connectivity index (χ3n) is 3.57. The van der Waals surface area contributed by atoms with Crippen LogP contribution in [0.1, 0.15) is 25.3 Å². The molecule has 0 amide bonds. The third-order valence-corrected chi connectivity index (χ3v) is 4.85. The van der Waals surface area contributed by atoms with E-state index in [1.807, 2.05) is 13.0 Å². The number of halogens is 1. The van der Waals surface area contributed by atoms with Crippen molar-refractivity contribution in [3.05, 3.63) is 16.1 Å². The van der Waals surface area contributed by atoms with E-state index in [9.17, 15) is 8.42 Å². The molecule has 1 aromatic carbocycles. The molecule has 1 aliphatic carbocycles. The van der Waals surface area contributed by atoms with Gasteiger partial charge < -0.3 is 9.72 Å². The third kappa shape index (κ3) is 3.38. The van der Waals surface area contributed by atoms with Gasteiger partial charge >= 0.3 is 0 Å². The Balaban J connectivity index is 2.16. The number of aromatic nitrogens is 2. The van der Waals surface area contributed by atoms with Gasteiger partial charge in [-0.3, -0.25) is 4.72 Å². The Labute approximate surface area is 137 Å². The first-order valence-electron chi connectivity index (χ1n) is 7.19. The molecule has 0 radical (unpaired) electrons. The lowest BCUT2D eigenvalue weighted by molar-refractivity contribution is 0.317. The van der Waals surface area contributed by atoms with Gasteiger partial charge in [0.2, 0.25) is 10.0 Å². The summed E-state index contributed by atoms with van der Waals surface area (Å²) in [4.78, 5) is 7.45. The van der Waals surface area contributed by atoms with E-state index in [2.05, 4.69) is 30.6 Å². The summed E-state index contributed by atoms with van der Waals surface area (Å²) >= 11 is 3.56. The second-order valence-corrected chi connectivity index (χ2v) is 8.21. The smallest absolute Gasteiger partial charge is 0.294 e. The molecule has 1 aliphatic rings. The number of benzene rings is 1. The standard InChI is InChI=1S/C14H18BrN3O3S/c1-3-21-14-16-11-7-10(15)9(6-8-4-5-8)12(13(11)17-14)18-22(2,19)20/h7-8,18H,3-6H2,1-2H3,(H,16,17). The normalized spacial score (nSPS) is 15.2. The van der Waals surface area contributed by atoms with Crippen LogP contribution < -0.4 is 9.46 Å². The number of nitrogens with zero attached hydrogens (tertiary/aromatic N) is 1. The lowest BCUT2D eigenvalue weighted by Gasteiger charge is -2.13. The maximum atomic E-state index is 11.7. The van der Waals surface area contributed by atoms with Crippen molar-refractivity contribution in [1.82, 2.24) is 9.97 Å². The predicted molar refractivity (Wildman–Crippen MR) is 89.9 cm³/mol. The zero-order chi connectivity index (χ0) is 15.9. The van der Waals surface area contributed by atoms with Gasteiger partial charge in [0.1, 0.15) is 5.52 Å². The van der Waals surface area contributed by atoms with Crippen LogP contribution >= 0.6 is 15.9 Å². The highest BCUT2D eigenvalue weighted by molar-refractivity contribution is 9.10. The fourth-order valence-electron chi connectivity index (χ4n) is 2.45. The summed E-state index contributed by atoms with van der Waals surface area (Å²) in [7, 11) is -3.39. The summed E-state index contributed by atoms with van der Waals surface area (Å²) in [5, 5.41) is 0. The highest BCUT2D eigenvalue weighted by Crippen LogP contribution is 2.40. The first-order chi connectivity index (χ1) is 10.4. The highest BCUT2D eigenvalue weighted by Gasteiger charge is 2.26. The summed E-state index contributed by atoms with van der Waals surface area (Å²) < 4.78 is 32.4. The van der Waals surface area contributed by atoms with E-state index in [-0.39, 0.29) is 0 Å². The lowest BCUT2D eigenvalue weighted by atomic mass is 10.1. The molecule has 3 rings (SSSR count). The van der Waals surface area contributed by atoms with Crippen LogP contribution in [0.3, 0.4) is 0 Å². The van der Waals surface area contributed by atoms with Gasteiger partial charge in [-0.2, -0.15) is 4.98 Å². The van der Waals surface area contributed by atoms with Crippen molar-refractivity contribution in [3.8, 4) is 6.01 Å². The number of aromatic amines is 1. The van der Waals surface area contributed by atoms with Crippen LogP contribution in [0.25, 0.3) is 11.0 Å². The molecule has 1 saturated carbocycles. The monoisotopic (exact) mass is 387 g/mol. The fourth-order valence-corrected chi connectivity index (χ4v) is 3.63. The van der Waals surface area contributed by atoms with Crippen molar-refractivity contribution in [1.29, 1.82) is 0 Å². The van der Waals surface area contributed by atoms with Gasteiger partial charge in [0.25, 0.3) is 6.01 Å². The number of anilines is 1. The molecule has 2 N–H and O–H groups in total. The average molecular weight is 388 g/mol. The quantitative estimate of drug-likeness (QED) is 0.797. The number of rotatable bonds is 6. The van der Waals surface area contributed by atoms with Crippen molar-refractivity contribution >= 4 is 42.7 Å². The number of nitrogens with one attached hydrogen (secondary N) is 2. The molecular weight excluding hydrogens is 370 g/mol. The van der Waals surface area contributed by atoms with Gasteiger partial charge in [0.15, 0.2) is 0 Å². The molecule has 0 spiro atoms. The van der Waals surface area contributed by atoms with Crippen LogP contribution in [0.15, 0.2) is 10.5 Å². The molecule has 0 bridgehead atoms. The lowest BCUT2D eigenvalue weighted by Crippen LogP contribution is -2.12. The van der Waals surface area contributed by atoms with Gasteiger partial charge in [0.05, 0.1) is 24.1 Å². The van der Waals surface area contributed by atoms with Crippen molar-refractivity contribution < 1.29 is 13.2 Å². The Morgan fingerprint density at radius 1 is 1.50 bits per heavy atom. The summed E-state index contributed by atoms with van der Waals surface area (Å²) in [5.41, 5.74) is 2.82. The fraction of sp³-hybridized carbons (Fsp3) is 0.500. The zero-order valence-electron chi connectivity index (χ0n) is 12.4. The van der Waals surface area contributed by atoms with E-state index < -0.39 is 10.0 Å². The van der Waals surface area contributed by atoms with Crippen LogP contribution in [0.2, 0.25) is 0 Å². The van der Waals surface area contributed by atoms with E-state index in [0.717, 1.165) is 28.2 Å². The molecule has 22 heavy (non-hydrogen) atoms. The Morgan fingerprint density at radius 3 is 2.82 bits per heavy atom. The van der Waals surface area contributed by atoms with E-state index in [1.165, 1.54) is 12.8 Å². The molecule has 120 valence electrons. The number of H-pyrrole nitrogens is 1. The molecule has 0 unspecified atom stereocenters. The van der Waals surface area contributed by atoms with Crippen LogP contribution in [-0.4, -0.2) is 31.2 Å². The summed E-state index contributed by atoms with van der Waals surface area (Å²) in [6.45, 7) is 2.36. The number of hydrogen-bond donors (Lipinski definition) is 2. The molecule has 8 heteroatoms. The largest absolute Gasteiger partial charge is 0.465 e. The van der Waals surface area contributed by atoms with Crippen molar-refractivity contribution in [2.45, 2.75) is 26.2 Å².